The zero-order valence-corrected chi connectivity index (χ0v) is 18.8. The van der Waals surface area contributed by atoms with Crippen molar-refractivity contribution in [3.8, 4) is 5.75 Å². The summed E-state index contributed by atoms with van der Waals surface area (Å²) in [7, 11) is 0.0351. The zero-order chi connectivity index (χ0) is 20.6. The van der Waals surface area contributed by atoms with Crippen LogP contribution in [0, 0.1) is 0 Å². The second kappa shape index (κ2) is 8.01. The molecule has 4 rings (SSSR count). The highest BCUT2D eigenvalue weighted by Crippen LogP contribution is 2.34. The normalized spacial score (nSPS) is 16.2. The Kier molecular flexibility index (Phi) is 5.59. The topological polar surface area (TPSA) is 74.4 Å². The molecule has 3 aromatic rings. The van der Waals surface area contributed by atoms with Crippen LogP contribution in [0.2, 0.25) is 0 Å². The van der Waals surface area contributed by atoms with Gasteiger partial charge in [0.2, 0.25) is 9.84 Å². The molecule has 6 nitrogen and oxygen atoms in total. The van der Waals surface area contributed by atoms with Gasteiger partial charge in [-0.05, 0) is 79.2 Å². The number of aromatic nitrogens is 1. The number of hydrogen-bond acceptors (Lipinski definition) is 5. The number of benzene rings is 2. The Morgan fingerprint density at radius 1 is 1.17 bits per heavy atom. The van der Waals surface area contributed by atoms with E-state index in [1.165, 1.54) is 0 Å². The fraction of sp³-hybridized carbons (Fsp3) is 0.333. The highest BCUT2D eigenvalue weighted by atomic mass is 79.9. The van der Waals surface area contributed by atoms with E-state index in [0.717, 1.165) is 41.6 Å². The summed E-state index contributed by atoms with van der Waals surface area (Å²) in [6.07, 6.45) is 3.61. The number of methoxy groups -OCH3 is 1. The van der Waals surface area contributed by atoms with Crippen LogP contribution in [0.15, 0.2) is 56.9 Å². The van der Waals surface area contributed by atoms with Gasteiger partial charge in [-0.1, -0.05) is 0 Å². The van der Waals surface area contributed by atoms with E-state index in [2.05, 4.69) is 38.2 Å². The van der Waals surface area contributed by atoms with Gasteiger partial charge in [0.05, 0.1) is 22.4 Å². The summed E-state index contributed by atoms with van der Waals surface area (Å²) in [6, 6.07) is 10.8. The molecule has 1 aromatic heterocycles. The smallest absolute Gasteiger partial charge is 0.208 e. The summed E-state index contributed by atoms with van der Waals surface area (Å²) in [4.78, 5) is 5.89. The largest absolute Gasteiger partial charge is 0.497 e. The van der Waals surface area contributed by atoms with E-state index in [0.29, 0.717) is 17.2 Å². The molecule has 0 radical (unpaired) electrons. The minimum atomic E-state index is -3.67. The second-order valence-electron chi connectivity index (χ2n) is 7.43. The molecule has 0 atom stereocenters. The van der Waals surface area contributed by atoms with E-state index in [1.807, 2.05) is 0 Å². The molecule has 1 fully saturated rings. The quantitative estimate of drug-likeness (QED) is 0.573. The summed E-state index contributed by atoms with van der Waals surface area (Å²) >= 11 is 3.55. The van der Waals surface area contributed by atoms with Gasteiger partial charge in [-0.15, -0.1) is 0 Å². The van der Waals surface area contributed by atoms with Crippen LogP contribution in [-0.2, 0) is 9.84 Å². The Hall–Kier alpha value is -2.03. The molecule has 1 saturated heterocycles. The summed E-state index contributed by atoms with van der Waals surface area (Å²) in [5.74, 6) is 0.677. The molecule has 154 valence electrons. The van der Waals surface area contributed by atoms with E-state index in [9.17, 15) is 8.42 Å². The van der Waals surface area contributed by atoms with Crippen molar-refractivity contribution in [2.75, 3.05) is 32.6 Å². The molecule has 1 aliphatic heterocycles. The lowest BCUT2D eigenvalue weighted by Crippen LogP contribution is -2.36. The van der Waals surface area contributed by atoms with Gasteiger partial charge in [0.15, 0.2) is 0 Å². The molecule has 8 heteroatoms. The number of rotatable bonds is 5. The van der Waals surface area contributed by atoms with E-state index >= 15 is 0 Å². The van der Waals surface area contributed by atoms with Gasteiger partial charge >= 0.3 is 0 Å². The standard InChI is InChI=1S/C21H24BrN3O3S/c1-25-9-7-14(8-10-25)24-20-12-16(4-6-18(20)22)29(26,27)21-13-23-19-11-15(28-2)3-5-17(19)21/h3-6,11-14,23-24H,7-10H2,1-2H3. The van der Waals surface area contributed by atoms with Gasteiger partial charge in [-0.2, -0.15) is 0 Å². The van der Waals surface area contributed by atoms with Gasteiger partial charge in [0, 0.05) is 33.9 Å². The van der Waals surface area contributed by atoms with Crippen molar-refractivity contribution in [3.63, 3.8) is 0 Å². The molecular formula is C21H24BrN3O3S. The number of ether oxygens (including phenoxy) is 1. The maximum atomic E-state index is 13.4. The number of halogens is 1. The molecule has 0 aliphatic carbocycles. The third kappa shape index (κ3) is 4.01. The maximum Gasteiger partial charge on any atom is 0.208 e. The highest BCUT2D eigenvalue weighted by molar-refractivity contribution is 9.10. The van der Waals surface area contributed by atoms with Crippen LogP contribution < -0.4 is 10.1 Å². The van der Waals surface area contributed by atoms with Gasteiger partial charge in [-0.25, -0.2) is 8.42 Å². The Labute approximate surface area is 179 Å². The molecule has 2 aromatic carbocycles. The molecule has 1 aliphatic rings. The lowest BCUT2D eigenvalue weighted by Gasteiger charge is -2.30. The van der Waals surface area contributed by atoms with E-state index < -0.39 is 9.84 Å². The molecule has 0 amide bonds. The Bertz CT molecular complexity index is 1140. The number of sulfone groups is 1. The first-order chi connectivity index (χ1) is 13.9. The molecule has 0 saturated carbocycles. The minimum Gasteiger partial charge on any atom is -0.497 e. The lowest BCUT2D eigenvalue weighted by atomic mass is 10.1. The van der Waals surface area contributed by atoms with Crippen LogP contribution in [0.4, 0.5) is 5.69 Å². The average molecular weight is 478 g/mol. The third-order valence-corrected chi connectivity index (χ3v) is 7.95. The van der Waals surface area contributed by atoms with E-state index in [4.69, 9.17) is 4.74 Å². The first-order valence-corrected chi connectivity index (χ1v) is 11.8. The average Bonchev–Trinajstić information content (AvgIpc) is 3.15. The number of piperidine rings is 1. The van der Waals surface area contributed by atoms with Crippen molar-refractivity contribution in [2.45, 2.75) is 28.7 Å². The minimum absolute atomic E-state index is 0.266. The SMILES string of the molecule is COc1ccc2c(S(=O)(=O)c3ccc(Br)c(NC4CCN(C)CC4)c3)c[nH]c2c1. The molecule has 2 N–H and O–H groups in total. The lowest BCUT2D eigenvalue weighted by molar-refractivity contribution is 0.264. The Morgan fingerprint density at radius 2 is 1.93 bits per heavy atom. The Balaban J connectivity index is 1.67. The molecule has 2 heterocycles. The van der Waals surface area contributed by atoms with Crippen LogP contribution in [0.1, 0.15) is 12.8 Å². The summed E-state index contributed by atoms with van der Waals surface area (Å²) < 4.78 is 32.8. The number of fused-ring (bicyclic) bond motifs is 1. The van der Waals surface area contributed by atoms with Crippen molar-refractivity contribution in [3.05, 3.63) is 47.1 Å². The summed E-state index contributed by atoms with van der Waals surface area (Å²) in [5.41, 5.74) is 1.53. The van der Waals surface area contributed by atoms with Crippen LogP contribution in [0.3, 0.4) is 0 Å². The van der Waals surface area contributed by atoms with Crippen molar-refractivity contribution in [1.29, 1.82) is 0 Å². The zero-order valence-electron chi connectivity index (χ0n) is 16.4. The van der Waals surface area contributed by atoms with Crippen LogP contribution in [0.5, 0.6) is 5.75 Å². The van der Waals surface area contributed by atoms with Crippen LogP contribution >= 0.6 is 15.9 Å². The number of likely N-dealkylation sites (tertiary alicyclic amines) is 1. The van der Waals surface area contributed by atoms with E-state index in [-0.39, 0.29) is 9.79 Å². The first-order valence-electron chi connectivity index (χ1n) is 9.53. The monoisotopic (exact) mass is 477 g/mol. The maximum absolute atomic E-state index is 13.4. The third-order valence-electron chi connectivity index (χ3n) is 5.47. The van der Waals surface area contributed by atoms with Crippen molar-refractivity contribution in [2.24, 2.45) is 0 Å². The number of aromatic amines is 1. The number of nitrogens with one attached hydrogen (secondary N) is 2. The highest BCUT2D eigenvalue weighted by Gasteiger charge is 2.24. The van der Waals surface area contributed by atoms with Crippen molar-refractivity contribution >= 4 is 42.4 Å². The number of anilines is 1. The van der Waals surface area contributed by atoms with Gasteiger partial charge in [0.25, 0.3) is 0 Å². The van der Waals surface area contributed by atoms with Crippen LogP contribution in [-0.4, -0.2) is 51.6 Å². The van der Waals surface area contributed by atoms with E-state index in [1.54, 1.807) is 49.7 Å². The first kappa shape index (κ1) is 20.3. The Morgan fingerprint density at radius 3 is 2.66 bits per heavy atom. The molecule has 0 unspecified atom stereocenters. The van der Waals surface area contributed by atoms with Crippen molar-refractivity contribution < 1.29 is 13.2 Å². The van der Waals surface area contributed by atoms with Crippen molar-refractivity contribution in [1.82, 2.24) is 9.88 Å². The molecular weight excluding hydrogens is 454 g/mol. The predicted octanol–water partition coefficient (Wildman–Crippen LogP) is 4.28. The number of hydrogen-bond donors (Lipinski definition) is 2. The predicted molar refractivity (Wildman–Crippen MR) is 119 cm³/mol. The molecule has 0 bridgehead atoms. The van der Waals surface area contributed by atoms with Crippen LogP contribution in [0.25, 0.3) is 10.9 Å². The molecule has 29 heavy (non-hydrogen) atoms. The number of nitrogens with zero attached hydrogens (tertiary/aromatic N) is 1. The second-order valence-corrected chi connectivity index (χ2v) is 10.2. The van der Waals surface area contributed by atoms with Gasteiger partial charge < -0.3 is 19.9 Å². The molecule has 0 spiro atoms. The van der Waals surface area contributed by atoms with Gasteiger partial charge in [-0.3, -0.25) is 0 Å². The van der Waals surface area contributed by atoms with Gasteiger partial charge in [0.1, 0.15) is 5.75 Å². The fourth-order valence-electron chi connectivity index (χ4n) is 3.71. The summed E-state index contributed by atoms with van der Waals surface area (Å²) in [6.45, 7) is 2.07. The summed E-state index contributed by atoms with van der Waals surface area (Å²) in [5, 5.41) is 4.17. The number of H-pyrrole nitrogens is 1. The fourth-order valence-corrected chi connectivity index (χ4v) is 5.53.